The van der Waals surface area contributed by atoms with Crippen LogP contribution in [0.4, 0.5) is 0 Å². The lowest BCUT2D eigenvalue weighted by molar-refractivity contribution is -0.155. The van der Waals surface area contributed by atoms with Crippen LogP contribution in [0.15, 0.2) is 24.3 Å². The number of nitrogens with two attached hydrogens (primary N) is 1. The molecule has 23 heavy (non-hydrogen) atoms. The molecule has 1 aromatic carbocycles. The van der Waals surface area contributed by atoms with Crippen LogP contribution in [0, 0.1) is 0 Å². The topological polar surface area (TPSA) is 98.5 Å². The summed E-state index contributed by atoms with van der Waals surface area (Å²) in [5.74, 6) is -1.84. The van der Waals surface area contributed by atoms with Crippen LogP contribution >= 0.6 is 0 Å². The first-order valence-corrected chi connectivity index (χ1v) is 7.43. The Labute approximate surface area is 136 Å². The van der Waals surface area contributed by atoms with Crippen molar-refractivity contribution in [3.8, 4) is 0 Å². The number of ether oxygens (including phenoxy) is 1. The number of carbonyl (C=O) groups is 3. The van der Waals surface area contributed by atoms with E-state index in [1.807, 2.05) is 12.1 Å². The van der Waals surface area contributed by atoms with E-state index < -0.39 is 24.0 Å². The van der Waals surface area contributed by atoms with Crippen molar-refractivity contribution in [2.75, 3.05) is 0 Å². The van der Waals surface area contributed by atoms with Gasteiger partial charge >= 0.3 is 5.97 Å². The summed E-state index contributed by atoms with van der Waals surface area (Å²) >= 11 is 0. The van der Waals surface area contributed by atoms with Crippen LogP contribution < -0.4 is 11.1 Å². The monoisotopic (exact) mass is 320 g/mol. The van der Waals surface area contributed by atoms with E-state index in [4.69, 9.17) is 10.5 Å². The van der Waals surface area contributed by atoms with Crippen LogP contribution in [0.25, 0.3) is 0 Å². The van der Waals surface area contributed by atoms with E-state index in [0.717, 1.165) is 5.56 Å². The van der Waals surface area contributed by atoms with Crippen molar-refractivity contribution in [3.63, 3.8) is 0 Å². The second-order valence-electron chi connectivity index (χ2n) is 6.50. The number of hydrogen-bond acceptors (Lipinski definition) is 4. The predicted octanol–water partition coefficient (Wildman–Crippen LogP) is 1.52. The molecule has 2 amide bonds. The van der Waals surface area contributed by atoms with Gasteiger partial charge in [-0.1, -0.05) is 32.9 Å². The lowest BCUT2D eigenvalue weighted by Crippen LogP contribution is -2.42. The maximum atomic E-state index is 12.1. The maximum absolute atomic E-state index is 12.1. The van der Waals surface area contributed by atoms with Crippen molar-refractivity contribution in [1.29, 1.82) is 0 Å². The third kappa shape index (κ3) is 5.39. The van der Waals surface area contributed by atoms with Gasteiger partial charge < -0.3 is 15.8 Å². The quantitative estimate of drug-likeness (QED) is 0.804. The zero-order valence-corrected chi connectivity index (χ0v) is 14.2. The molecule has 0 spiro atoms. The van der Waals surface area contributed by atoms with Crippen LogP contribution in [0.2, 0.25) is 0 Å². The first-order chi connectivity index (χ1) is 10.5. The molecule has 0 aliphatic rings. The Morgan fingerprint density at radius 3 is 2.04 bits per heavy atom. The number of benzene rings is 1. The Kier molecular flexibility index (Phi) is 5.90. The van der Waals surface area contributed by atoms with E-state index >= 15 is 0 Å². The van der Waals surface area contributed by atoms with E-state index in [1.165, 1.54) is 13.8 Å². The van der Waals surface area contributed by atoms with Crippen LogP contribution in [0.1, 0.15) is 50.5 Å². The molecular weight excluding hydrogens is 296 g/mol. The number of carbonyl (C=O) groups excluding carboxylic acids is 3. The van der Waals surface area contributed by atoms with Crippen molar-refractivity contribution in [2.45, 2.75) is 52.2 Å². The summed E-state index contributed by atoms with van der Waals surface area (Å²) in [4.78, 5) is 34.8. The fraction of sp³-hybridized carbons (Fsp3) is 0.471. The highest BCUT2D eigenvalue weighted by atomic mass is 16.5. The molecule has 126 valence electrons. The molecule has 0 unspecified atom stereocenters. The first kappa shape index (κ1) is 18.7. The number of nitrogens with one attached hydrogen (secondary N) is 1. The van der Waals surface area contributed by atoms with Gasteiger partial charge in [-0.15, -0.1) is 0 Å². The second-order valence-corrected chi connectivity index (χ2v) is 6.50. The summed E-state index contributed by atoms with van der Waals surface area (Å²) in [6.07, 6.45) is -1.03. The second kappa shape index (κ2) is 7.26. The predicted molar refractivity (Wildman–Crippen MR) is 86.8 cm³/mol. The number of rotatable bonds is 5. The molecule has 2 atom stereocenters. The molecule has 0 fully saturated rings. The molecule has 1 aromatic rings. The van der Waals surface area contributed by atoms with Gasteiger partial charge in [0.25, 0.3) is 11.8 Å². The molecule has 6 heteroatoms. The van der Waals surface area contributed by atoms with E-state index in [2.05, 4.69) is 26.1 Å². The van der Waals surface area contributed by atoms with Gasteiger partial charge in [0.1, 0.15) is 6.04 Å². The van der Waals surface area contributed by atoms with E-state index in [0.29, 0.717) is 5.56 Å². The normalized spacial score (nSPS) is 13.8. The van der Waals surface area contributed by atoms with Crippen molar-refractivity contribution in [2.24, 2.45) is 5.73 Å². The Morgan fingerprint density at radius 2 is 1.61 bits per heavy atom. The third-order valence-electron chi connectivity index (χ3n) is 3.41. The number of esters is 1. The van der Waals surface area contributed by atoms with Crippen molar-refractivity contribution >= 4 is 17.8 Å². The fourth-order valence-electron chi connectivity index (χ4n) is 1.79. The Balaban J connectivity index is 2.68. The fourth-order valence-corrected chi connectivity index (χ4v) is 1.79. The minimum atomic E-state index is -1.03. The van der Waals surface area contributed by atoms with Gasteiger partial charge in [0.2, 0.25) is 0 Å². The molecule has 0 aliphatic heterocycles. The smallest absolute Gasteiger partial charge is 0.329 e. The minimum Gasteiger partial charge on any atom is -0.451 e. The zero-order valence-electron chi connectivity index (χ0n) is 14.2. The number of amides is 2. The van der Waals surface area contributed by atoms with Gasteiger partial charge in [-0.3, -0.25) is 9.59 Å². The zero-order chi connectivity index (χ0) is 17.8. The van der Waals surface area contributed by atoms with Gasteiger partial charge in [-0.25, -0.2) is 4.79 Å². The molecule has 6 nitrogen and oxygen atoms in total. The molecule has 3 N–H and O–H groups in total. The molecule has 0 radical (unpaired) electrons. The average Bonchev–Trinajstić information content (AvgIpc) is 2.46. The molecule has 0 saturated heterocycles. The van der Waals surface area contributed by atoms with Crippen molar-refractivity contribution in [1.82, 2.24) is 5.32 Å². The van der Waals surface area contributed by atoms with Crippen LogP contribution in [-0.4, -0.2) is 29.9 Å². The lowest BCUT2D eigenvalue weighted by Gasteiger charge is -2.19. The van der Waals surface area contributed by atoms with Gasteiger partial charge in [0.15, 0.2) is 6.10 Å². The highest BCUT2D eigenvalue weighted by Gasteiger charge is 2.22. The Morgan fingerprint density at radius 1 is 1.09 bits per heavy atom. The summed E-state index contributed by atoms with van der Waals surface area (Å²) in [6.45, 7) is 9.11. The van der Waals surface area contributed by atoms with E-state index in [1.54, 1.807) is 12.1 Å². The van der Waals surface area contributed by atoms with Crippen molar-refractivity contribution in [3.05, 3.63) is 35.4 Å². The number of primary amides is 1. The van der Waals surface area contributed by atoms with Gasteiger partial charge in [0.05, 0.1) is 0 Å². The third-order valence-corrected chi connectivity index (χ3v) is 3.41. The highest BCUT2D eigenvalue weighted by Crippen LogP contribution is 2.22. The first-order valence-electron chi connectivity index (χ1n) is 7.43. The summed E-state index contributed by atoms with van der Waals surface area (Å²) in [6, 6.07) is 6.30. The molecule has 1 rings (SSSR count). The van der Waals surface area contributed by atoms with E-state index in [-0.39, 0.29) is 11.3 Å². The average molecular weight is 320 g/mol. The summed E-state index contributed by atoms with van der Waals surface area (Å²) in [5.41, 5.74) is 6.57. The van der Waals surface area contributed by atoms with Gasteiger partial charge in [0, 0.05) is 5.56 Å². The van der Waals surface area contributed by atoms with Crippen molar-refractivity contribution < 1.29 is 19.1 Å². The minimum absolute atomic E-state index is 0.00297. The largest absolute Gasteiger partial charge is 0.451 e. The van der Waals surface area contributed by atoms with Crippen LogP contribution in [0.5, 0.6) is 0 Å². The molecule has 0 bridgehead atoms. The molecule has 0 saturated carbocycles. The van der Waals surface area contributed by atoms with Crippen LogP contribution in [-0.2, 0) is 19.7 Å². The molecule has 0 aliphatic carbocycles. The lowest BCUT2D eigenvalue weighted by atomic mass is 9.86. The summed E-state index contributed by atoms with van der Waals surface area (Å²) in [5, 5.41) is 2.53. The Hall–Kier alpha value is -2.37. The van der Waals surface area contributed by atoms with Crippen LogP contribution in [0.3, 0.4) is 0 Å². The van der Waals surface area contributed by atoms with Gasteiger partial charge in [-0.2, -0.15) is 0 Å². The maximum Gasteiger partial charge on any atom is 0.329 e. The van der Waals surface area contributed by atoms with E-state index in [9.17, 15) is 14.4 Å². The molecule has 0 heterocycles. The molecular formula is C17H24N2O4. The summed E-state index contributed by atoms with van der Waals surface area (Å²) in [7, 11) is 0. The molecule has 0 aromatic heterocycles. The highest BCUT2D eigenvalue weighted by molar-refractivity contribution is 5.97. The number of hydrogen-bond donors (Lipinski definition) is 2. The van der Waals surface area contributed by atoms with Gasteiger partial charge in [-0.05, 0) is 37.0 Å². The summed E-state index contributed by atoms with van der Waals surface area (Å²) < 4.78 is 4.85. The SMILES string of the molecule is C[C@H](NC(=O)c1ccc(C(C)(C)C)cc1)C(=O)O[C@@H](C)C(N)=O. The Bertz CT molecular complexity index is 588. The standard InChI is InChI=1S/C17H24N2O4/c1-10(16(22)23-11(2)14(18)20)19-15(21)12-6-8-13(9-7-12)17(3,4)5/h6-11H,1-5H3,(H2,18,20)(H,19,21)/t10-,11-/m0/s1.